The SMILES string of the molecule is Cc1ccc(S(=O)(=O)NNC(=S)NC(=O)c2ccc([N+](=O)[O-])cc2)cc1. The van der Waals surface area contributed by atoms with E-state index in [1.54, 1.807) is 12.1 Å². The smallest absolute Gasteiger partial charge is 0.269 e. The highest BCUT2D eigenvalue weighted by Crippen LogP contribution is 2.12. The van der Waals surface area contributed by atoms with Gasteiger partial charge in [0.1, 0.15) is 0 Å². The maximum atomic E-state index is 12.1. The highest BCUT2D eigenvalue weighted by atomic mass is 32.2. The lowest BCUT2D eigenvalue weighted by molar-refractivity contribution is -0.384. The van der Waals surface area contributed by atoms with Gasteiger partial charge < -0.3 is 0 Å². The molecule has 0 heterocycles. The van der Waals surface area contributed by atoms with Gasteiger partial charge in [-0.05, 0) is 43.4 Å². The van der Waals surface area contributed by atoms with Crippen LogP contribution in [0.25, 0.3) is 0 Å². The number of carbonyl (C=O) groups is 1. The second-order valence-electron chi connectivity index (χ2n) is 5.13. The van der Waals surface area contributed by atoms with Crippen molar-refractivity contribution in [1.29, 1.82) is 0 Å². The Bertz CT molecular complexity index is 941. The van der Waals surface area contributed by atoms with Gasteiger partial charge in [-0.15, -0.1) is 4.83 Å². The van der Waals surface area contributed by atoms with Crippen molar-refractivity contribution < 1.29 is 18.1 Å². The highest BCUT2D eigenvalue weighted by Gasteiger charge is 2.15. The van der Waals surface area contributed by atoms with E-state index >= 15 is 0 Å². The number of benzene rings is 2. The Morgan fingerprint density at radius 3 is 2.19 bits per heavy atom. The Balaban J connectivity index is 1.94. The zero-order valence-electron chi connectivity index (χ0n) is 13.4. The van der Waals surface area contributed by atoms with Gasteiger partial charge in [0.2, 0.25) is 0 Å². The highest BCUT2D eigenvalue weighted by molar-refractivity contribution is 7.89. The van der Waals surface area contributed by atoms with Crippen LogP contribution in [0.1, 0.15) is 15.9 Å². The summed E-state index contributed by atoms with van der Waals surface area (Å²) in [6.07, 6.45) is 0. The summed E-state index contributed by atoms with van der Waals surface area (Å²) in [5, 5.41) is 12.6. The Morgan fingerprint density at radius 2 is 1.65 bits per heavy atom. The molecule has 0 spiro atoms. The van der Waals surface area contributed by atoms with E-state index in [2.05, 4.69) is 15.6 Å². The second-order valence-corrected chi connectivity index (χ2v) is 7.22. The molecule has 2 aromatic rings. The van der Waals surface area contributed by atoms with Crippen molar-refractivity contribution in [2.75, 3.05) is 0 Å². The van der Waals surface area contributed by atoms with Crippen molar-refractivity contribution in [2.45, 2.75) is 11.8 Å². The first-order chi connectivity index (χ1) is 12.2. The Labute approximate surface area is 154 Å². The lowest BCUT2D eigenvalue weighted by Gasteiger charge is -2.11. The molecule has 0 aromatic heterocycles. The number of nitro groups is 1. The molecule has 136 valence electrons. The van der Waals surface area contributed by atoms with Crippen molar-refractivity contribution in [3.05, 3.63) is 69.8 Å². The molecular formula is C15H14N4O5S2. The number of nitrogens with zero attached hydrogens (tertiary/aromatic N) is 1. The molecule has 11 heteroatoms. The number of hydrazine groups is 1. The number of hydrogen-bond donors (Lipinski definition) is 3. The largest absolute Gasteiger partial charge is 0.298 e. The van der Waals surface area contributed by atoms with E-state index in [1.165, 1.54) is 36.4 Å². The molecule has 0 aliphatic rings. The average molecular weight is 394 g/mol. The normalized spacial score (nSPS) is 10.8. The second kappa shape index (κ2) is 7.99. The lowest BCUT2D eigenvalue weighted by atomic mass is 10.2. The van der Waals surface area contributed by atoms with E-state index in [4.69, 9.17) is 12.2 Å². The molecule has 3 N–H and O–H groups in total. The van der Waals surface area contributed by atoms with Gasteiger partial charge in [-0.25, -0.2) is 8.42 Å². The number of sulfonamides is 1. The quantitative estimate of drug-likeness (QED) is 0.397. The molecule has 9 nitrogen and oxygen atoms in total. The zero-order chi connectivity index (χ0) is 19.3. The molecule has 0 aliphatic heterocycles. The summed E-state index contributed by atoms with van der Waals surface area (Å²) in [6.45, 7) is 1.82. The number of thiocarbonyl (C=S) groups is 1. The molecule has 2 aromatic carbocycles. The van der Waals surface area contributed by atoms with E-state index in [-0.39, 0.29) is 21.3 Å². The van der Waals surface area contributed by atoms with E-state index in [1.807, 2.05) is 6.92 Å². The summed E-state index contributed by atoms with van der Waals surface area (Å²) in [6, 6.07) is 11.0. The van der Waals surface area contributed by atoms with Crippen LogP contribution in [0.4, 0.5) is 5.69 Å². The minimum Gasteiger partial charge on any atom is -0.298 e. The van der Waals surface area contributed by atoms with Gasteiger partial charge in [0, 0.05) is 17.7 Å². The fourth-order valence-corrected chi connectivity index (χ4v) is 2.89. The summed E-state index contributed by atoms with van der Waals surface area (Å²) >= 11 is 4.86. The number of hydrogen-bond acceptors (Lipinski definition) is 6. The van der Waals surface area contributed by atoms with Gasteiger partial charge in [0.25, 0.3) is 21.6 Å². The van der Waals surface area contributed by atoms with Crippen LogP contribution < -0.4 is 15.6 Å². The number of nitrogens with one attached hydrogen (secondary N) is 3. The van der Waals surface area contributed by atoms with Crippen molar-refractivity contribution in [3.63, 3.8) is 0 Å². The number of rotatable bonds is 5. The van der Waals surface area contributed by atoms with Crippen molar-refractivity contribution in [2.24, 2.45) is 0 Å². The third-order valence-electron chi connectivity index (χ3n) is 3.20. The van der Waals surface area contributed by atoms with Crippen LogP contribution in [0.15, 0.2) is 53.4 Å². The fraction of sp³-hybridized carbons (Fsp3) is 0.0667. The van der Waals surface area contributed by atoms with E-state index in [0.29, 0.717) is 0 Å². The summed E-state index contributed by atoms with van der Waals surface area (Å²) in [7, 11) is -3.86. The summed E-state index contributed by atoms with van der Waals surface area (Å²) < 4.78 is 24.2. The number of aryl methyl sites for hydroxylation is 1. The van der Waals surface area contributed by atoms with Crippen LogP contribution in [0, 0.1) is 17.0 Å². The van der Waals surface area contributed by atoms with Crippen LogP contribution in [-0.2, 0) is 10.0 Å². The summed E-state index contributed by atoms with van der Waals surface area (Å²) in [5.74, 6) is -0.646. The van der Waals surface area contributed by atoms with Crippen LogP contribution in [0.5, 0.6) is 0 Å². The molecule has 2 rings (SSSR count). The third-order valence-corrected chi connectivity index (χ3v) is 4.67. The van der Waals surface area contributed by atoms with E-state index in [0.717, 1.165) is 5.56 Å². The summed E-state index contributed by atoms with van der Waals surface area (Å²) in [4.78, 5) is 24.1. The van der Waals surface area contributed by atoms with Gasteiger partial charge >= 0.3 is 0 Å². The minimum atomic E-state index is -3.86. The topological polar surface area (TPSA) is 130 Å². The van der Waals surface area contributed by atoms with Gasteiger partial charge in [-0.3, -0.25) is 25.7 Å². The molecule has 1 amide bonds. The van der Waals surface area contributed by atoms with Gasteiger partial charge in [-0.2, -0.15) is 0 Å². The number of non-ortho nitro benzene ring substituents is 1. The third kappa shape index (κ3) is 5.05. The van der Waals surface area contributed by atoms with Gasteiger partial charge in [-0.1, -0.05) is 17.7 Å². The monoisotopic (exact) mass is 394 g/mol. The Hall–Kier alpha value is -2.89. The van der Waals surface area contributed by atoms with Gasteiger partial charge in [0.05, 0.1) is 9.82 Å². The van der Waals surface area contributed by atoms with Crippen LogP contribution >= 0.6 is 12.2 Å². The van der Waals surface area contributed by atoms with Crippen molar-refractivity contribution >= 4 is 38.9 Å². The predicted molar refractivity (Wildman–Crippen MR) is 97.8 cm³/mol. The predicted octanol–water partition coefficient (Wildman–Crippen LogP) is 1.40. The summed E-state index contributed by atoms with van der Waals surface area (Å²) in [5.41, 5.74) is 3.09. The van der Waals surface area contributed by atoms with Gasteiger partial charge in [0.15, 0.2) is 5.11 Å². The molecule has 0 atom stereocenters. The molecule has 0 saturated carbocycles. The number of carbonyl (C=O) groups excluding carboxylic acids is 1. The van der Waals surface area contributed by atoms with Crippen LogP contribution in [0.3, 0.4) is 0 Å². The maximum absolute atomic E-state index is 12.1. The molecule has 0 bridgehead atoms. The lowest BCUT2D eigenvalue weighted by Crippen LogP contribution is -2.48. The van der Waals surface area contributed by atoms with Crippen LogP contribution in [-0.4, -0.2) is 24.4 Å². The van der Waals surface area contributed by atoms with Crippen molar-refractivity contribution in [1.82, 2.24) is 15.6 Å². The Kier molecular flexibility index (Phi) is 5.97. The Morgan fingerprint density at radius 1 is 1.08 bits per heavy atom. The standard InChI is InChI=1S/C15H14N4O5S2/c1-10-2-8-13(9-3-10)26(23,24)18-17-15(25)16-14(20)11-4-6-12(7-5-11)19(21)22/h2-9,18H,1H3,(H2,16,17,20,25). The first-order valence-electron chi connectivity index (χ1n) is 7.13. The fourth-order valence-electron chi connectivity index (χ4n) is 1.83. The zero-order valence-corrected chi connectivity index (χ0v) is 15.1. The molecule has 0 fully saturated rings. The molecule has 26 heavy (non-hydrogen) atoms. The number of amides is 1. The van der Waals surface area contributed by atoms with E-state index < -0.39 is 20.9 Å². The first kappa shape index (κ1) is 19.4. The van der Waals surface area contributed by atoms with Crippen LogP contribution in [0.2, 0.25) is 0 Å². The molecule has 0 radical (unpaired) electrons. The van der Waals surface area contributed by atoms with E-state index in [9.17, 15) is 23.3 Å². The van der Waals surface area contributed by atoms with Crippen molar-refractivity contribution in [3.8, 4) is 0 Å². The minimum absolute atomic E-state index is 0.0279. The molecule has 0 saturated heterocycles. The molecular weight excluding hydrogens is 380 g/mol. The average Bonchev–Trinajstić information content (AvgIpc) is 2.60. The maximum Gasteiger partial charge on any atom is 0.269 e. The first-order valence-corrected chi connectivity index (χ1v) is 9.02. The molecule has 0 aliphatic carbocycles. The molecule has 0 unspecified atom stereocenters. The number of nitro benzene ring substituents is 1.